The predicted molar refractivity (Wildman–Crippen MR) is 180 cm³/mol. The van der Waals surface area contributed by atoms with E-state index in [0.717, 1.165) is 76.3 Å². The van der Waals surface area contributed by atoms with Crippen molar-refractivity contribution in [2.24, 2.45) is 0 Å². The first-order valence-corrected chi connectivity index (χ1v) is 18.1. The fourth-order valence-corrected chi connectivity index (χ4v) is 9.76. The van der Waals surface area contributed by atoms with Gasteiger partial charge in [-0.15, -0.1) is 0 Å². The molecule has 0 N–H and O–H groups in total. The van der Waals surface area contributed by atoms with Gasteiger partial charge in [0.05, 0.1) is 18.0 Å². The number of piperidine rings is 2. The number of aromatic nitrogens is 2. The van der Waals surface area contributed by atoms with Gasteiger partial charge in [-0.25, -0.2) is 17.8 Å². The summed E-state index contributed by atoms with van der Waals surface area (Å²) in [5.41, 5.74) is 2.14. The fraction of sp³-hybridized carbons (Fsp3) is 0.543. The first-order valence-electron chi connectivity index (χ1n) is 16.7. The van der Waals surface area contributed by atoms with Gasteiger partial charge in [-0.2, -0.15) is 9.29 Å². The highest BCUT2D eigenvalue weighted by Gasteiger charge is 2.43. The largest absolute Gasteiger partial charge is 0.497 e. The number of rotatable bonds is 9. The summed E-state index contributed by atoms with van der Waals surface area (Å²) in [6.45, 7) is 9.63. The number of methoxy groups -OCH3 is 1. The summed E-state index contributed by atoms with van der Waals surface area (Å²) in [5, 5.41) is 0. The third kappa shape index (κ3) is 6.97. The Kier molecular flexibility index (Phi) is 10.0. The van der Waals surface area contributed by atoms with Gasteiger partial charge in [-0.3, -0.25) is 4.90 Å². The summed E-state index contributed by atoms with van der Waals surface area (Å²) in [6.07, 6.45) is 5.82. The van der Waals surface area contributed by atoms with Crippen molar-refractivity contribution in [3.63, 3.8) is 0 Å². The van der Waals surface area contributed by atoms with Crippen LogP contribution in [-0.2, 0) is 15.6 Å². The number of likely N-dealkylation sites (N-methyl/N-ethyl adjacent to an activating group) is 1. The molecule has 0 radical (unpaired) electrons. The van der Waals surface area contributed by atoms with Gasteiger partial charge >= 0.3 is 6.01 Å². The molecular formula is C35H47FN6O4S. The topological polar surface area (TPSA) is 91.3 Å². The average molecular weight is 667 g/mol. The highest BCUT2D eigenvalue weighted by Crippen LogP contribution is 2.41. The number of hydrogen-bond donors (Lipinski definition) is 0. The molecule has 254 valence electrons. The Balaban J connectivity index is 1.15. The molecule has 1 unspecified atom stereocenters. The number of aryl methyl sites for hydroxylation is 2. The van der Waals surface area contributed by atoms with E-state index in [-0.39, 0.29) is 30.0 Å². The SMILES string of the molecule is COc1cc(C)c(S(=O)(=O)N2CCCCC2COc2nccc(N3CCC(c4cccc(F)c4)(N4CCN(C)CC4)CC3)n2)c(C)c1. The summed E-state index contributed by atoms with van der Waals surface area (Å²) >= 11 is 0. The van der Waals surface area contributed by atoms with Crippen LogP contribution in [0, 0.1) is 19.7 Å². The second-order valence-electron chi connectivity index (χ2n) is 13.2. The van der Waals surface area contributed by atoms with E-state index in [1.165, 1.54) is 6.07 Å². The summed E-state index contributed by atoms with van der Waals surface area (Å²) in [7, 11) is -0.0271. The highest BCUT2D eigenvalue weighted by molar-refractivity contribution is 7.89. The average Bonchev–Trinajstić information content (AvgIpc) is 3.07. The van der Waals surface area contributed by atoms with Crippen molar-refractivity contribution < 1.29 is 22.3 Å². The van der Waals surface area contributed by atoms with Crippen LogP contribution in [0.15, 0.2) is 53.6 Å². The number of hydrogen-bond acceptors (Lipinski definition) is 9. The molecule has 3 fully saturated rings. The maximum Gasteiger partial charge on any atom is 0.318 e. The molecule has 1 atom stereocenters. The molecule has 3 aliphatic rings. The van der Waals surface area contributed by atoms with E-state index in [4.69, 9.17) is 14.5 Å². The lowest BCUT2D eigenvalue weighted by molar-refractivity contribution is 0.0187. The molecule has 4 heterocycles. The molecule has 0 spiro atoms. The third-order valence-electron chi connectivity index (χ3n) is 10.2. The number of benzene rings is 2. The third-order valence-corrected chi connectivity index (χ3v) is 12.5. The second kappa shape index (κ2) is 14.0. The fourth-order valence-electron chi connectivity index (χ4n) is 7.66. The number of nitrogens with zero attached hydrogens (tertiary/aromatic N) is 6. The van der Waals surface area contributed by atoms with Crippen LogP contribution in [0.1, 0.15) is 48.8 Å². The smallest absolute Gasteiger partial charge is 0.318 e. The first-order chi connectivity index (χ1) is 22.6. The Morgan fingerprint density at radius 3 is 2.36 bits per heavy atom. The molecule has 1 aromatic heterocycles. The van der Waals surface area contributed by atoms with E-state index in [9.17, 15) is 12.8 Å². The summed E-state index contributed by atoms with van der Waals surface area (Å²) in [4.78, 5) is 16.6. The van der Waals surface area contributed by atoms with Crippen molar-refractivity contribution >= 4 is 15.8 Å². The van der Waals surface area contributed by atoms with E-state index < -0.39 is 10.0 Å². The van der Waals surface area contributed by atoms with Crippen LogP contribution in [0.5, 0.6) is 11.8 Å². The van der Waals surface area contributed by atoms with Crippen LogP contribution >= 0.6 is 0 Å². The van der Waals surface area contributed by atoms with Crippen molar-refractivity contribution in [3.8, 4) is 11.8 Å². The highest BCUT2D eigenvalue weighted by atomic mass is 32.2. The first kappa shape index (κ1) is 33.6. The van der Waals surface area contributed by atoms with Crippen molar-refractivity contribution in [1.29, 1.82) is 0 Å². The monoisotopic (exact) mass is 666 g/mol. The van der Waals surface area contributed by atoms with Gasteiger partial charge in [0.25, 0.3) is 0 Å². The molecular weight excluding hydrogens is 619 g/mol. The molecule has 0 amide bonds. The van der Waals surface area contributed by atoms with Gasteiger partial charge in [-0.05, 0) is 93.6 Å². The quantitative estimate of drug-likeness (QED) is 0.325. The molecule has 0 aliphatic carbocycles. The summed E-state index contributed by atoms with van der Waals surface area (Å²) in [6, 6.07) is 12.4. The van der Waals surface area contributed by atoms with E-state index in [1.54, 1.807) is 35.8 Å². The lowest BCUT2D eigenvalue weighted by Gasteiger charge is -2.51. The summed E-state index contributed by atoms with van der Waals surface area (Å²) in [5.74, 6) is 1.22. The maximum absolute atomic E-state index is 14.4. The minimum atomic E-state index is -3.76. The Morgan fingerprint density at radius 1 is 0.957 bits per heavy atom. The Hall–Kier alpha value is -3.32. The Labute approximate surface area is 278 Å². The molecule has 47 heavy (non-hydrogen) atoms. The van der Waals surface area contributed by atoms with Crippen molar-refractivity contribution in [3.05, 3.63) is 71.2 Å². The van der Waals surface area contributed by atoms with E-state index in [0.29, 0.717) is 34.7 Å². The normalized spacial score (nSPS) is 21.5. The van der Waals surface area contributed by atoms with Crippen molar-refractivity contribution in [2.75, 3.05) is 71.5 Å². The molecule has 3 saturated heterocycles. The second-order valence-corrected chi connectivity index (χ2v) is 15.0. The van der Waals surface area contributed by atoms with Gasteiger partial charge in [0, 0.05) is 57.5 Å². The zero-order valence-corrected chi connectivity index (χ0v) is 28.8. The van der Waals surface area contributed by atoms with Crippen LogP contribution in [0.3, 0.4) is 0 Å². The maximum atomic E-state index is 14.4. The number of ether oxygens (including phenoxy) is 2. The molecule has 6 rings (SSSR count). The van der Waals surface area contributed by atoms with Crippen LogP contribution < -0.4 is 14.4 Å². The van der Waals surface area contributed by atoms with E-state index in [1.807, 2.05) is 26.0 Å². The zero-order chi connectivity index (χ0) is 33.2. The van der Waals surface area contributed by atoms with Crippen molar-refractivity contribution in [2.45, 2.75) is 62.4 Å². The van der Waals surface area contributed by atoms with Gasteiger partial charge in [0.15, 0.2) is 0 Å². The molecule has 12 heteroatoms. The van der Waals surface area contributed by atoms with Gasteiger partial charge in [-0.1, -0.05) is 18.6 Å². The minimum absolute atomic E-state index is 0.170. The molecule has 0 bridgehead atoms. The van der Waals surface area contributed by atoms with Gasteiger partial charge < -0.3 is 19.3 Å². The summed E-state index contributed by atoms with van der Waals surface area (Å²) < 4.78 is 55.5. The molecule has 3 aromatic rings. The number of halogens is 1. The molecule has 3 aliphatic heterocycles. The molecule has 10 nitrogen and oxygen atoms in total. The van der Waals surface area contributed by atoms with Crippen LogP contribution in [0.25, 0.3) is 0 Å². The van der Waals surface area contributed by atoms with Crippen LogP contribution in [0.2, 0.25) is 0 Å². The molecule has 0 saturated carbocycles. The van der Waals surface area contributed by atoms with Crippen molar-refractivity contribution in [1.82, 2.24) is 24.1 Å². The predicted octanol–water partition coefficient (Wildman–Crippen LogP) is 4.61. The zero-order valence-electron chi connectivity index (χ0n) is 28.0. The number of anilines is 1. The minimum Gasteiger partial charge on any atom is -0.497 e. The lowest BCUT2D eigenvalue weighted by atomic mass is 9.78. The number of piperazine rings is 1. The molecule has 2 aromatic carbocycles. The van der Waals surface area contributed by atoms with Crippen LogP contribution in [-0.4, -0.2) is 105 Å². The van der Waals surface area contributed by atoms with Crippen LogP contribution in [0.4, 0.5) is 10.2 Å². The Bertz CT molecular complexity index is 1630. The van der Waals surface area contributed by atoms with Gasteiger partial charge in [0.2, 0.25) is 10.0 Å². The number of sulfonamides is 1. The lowest BCUT2D eigenvalue weighted by Crippen LogP contribution is -2.58. The standard InChI is InChI=1S/C35H47FN6O4S/c1-26-22-31(45-4)23-27(2)33(26)47(43,44)42-15-6-5-10-30(42)25-46-34-37-14-11-32(38-34)40-16-12-35(13-17-40,28-8-7-9-29(36)24-28)41-20-18-39(3)19-21-41/h7-9,11,14,22-24,30H,5-6,10,12-13,15-21,25H2,1-4H3. The van der Waals surface area contributed by atoms with E-state index >= 15 is 0 Å². The van der Waals surface area contributed by atoms with Gasteiger partial charge in [0.1, 0.15) is 24.0 Å². The Morgan fingerprint density at radius 2 is 1.68 bits per heavy atom. The van der Waals surface area contributed by atoms with E-state index in [2.05, 4.69) is 32.8 Å².